The van der Waals surface area contributed by atoms with E-state index in [0.717, 1.165) is 10.8 Å². The fraction of sp³-hybridized carbons (Fsp3) is 0.222. The van der Waals surface area contributed by atoms with E-state index in [2.05, 4.69) is 28.8 Å². The molecule has 0 unspecified atom stereocenters. The molecule has 5 heteroatoms. The fourth-order valence-electron chi connectivity index (χ4n) is 1.27. The van der Waals surface area contributed by atoms with Crippen molar-refractivity contribution in [2.75, 3.05) is 5.43 Å². The summed E-state index contributed by atoms with van der Waals surface area (Å²) in [7, 11) is 0. The zero-order chi connectivity index (χ0) is 10.1. The summed E-state index contributed by atoms with van der Waals surface area (Å²) in [6.07, 6.45) is 0. The van der Waals surface area contributed by atoms with Crippen LogP contribution in [0.25, 0.3) is 9.75 Å². The van der Waals surface area contributed by atoms with Crippen LogP contribution >= 0.6 is 22.7 Å². The standard InChI is InChI=1S/C9H11N3S2/c1-5-3-4-13-7(5)8-6(2)11-9(12-10)14-8/h3-4H,10H2,1-2H3,(H,11,12). The number of nitrogen functional groups attached to an aromatic ring is 1. The topological polar surface area (TPSA) is 50.9 Å². The molecule has 0 aromatic carbocycles. The van der Waals surface area contributed by atoms with E-state index in [-0.39, 0.29) is 0 Å². The lowest BCUT2D eigenvalue weighted by Crippen LogP contribution is -2.05. The molecule has 0 spiro atoms. The number of nitrogens with two attached hydrogens (primary N) is 1. The van der Waals surface area contributed by atoms with Crippen molar-refractivity contribution in [3.05, 3.63) is 22.7 Å². The summed E-state index contributed by atoms with van der Waals surface area (Å²) in [4.78, 5) is 6.82. The molecule has 0 saturated heterocycles. The van der Waals surface area contributed by atoms with E-state index < -0.39 is 0 Å². The van der Waals surface area contributed by atoms with Gasteiger partial charge in [-0.2, -0.15) is 0 Å². The highest BCUT2D eigenvalue weighted by atomic mass is 32.1. The van der Waals surface area contributed by atoms with E-state index >= 15 is 0 Å². The molecule has 2 aromatic heterocycles. The molecule has 0 aliphatic heterocycles. The molecule has 0 amide bonds. The largest absolute Gasteiger partial charge is 0.300 e. The van der Waals surface area contributed by atoms with E-state index in [9.17, 15) is 0 Å². The molecule has 0 fully saturated rings. The number of anilines is 1. The van der Waals surface area contributed by atoms with Gasteiger partial charge >= 0.3 is 0 Å². The van der Waals surface area contributed by atoms with E-state index in [4.69, 9.17) is 5.84 Å². The Morgan fingerprint density at radius 2 is 2.14 bits per heavy atom. The van der Waals surface area contributed by atoms with Crippen molar-refractivity contribution in [3.8, 4) is 9.75 Å². The molecular formula is C9H11N3S2. The first kappa shape index (κ1) is 9.64. The fourth-order valence-corrected chi connectivity index (χ4v) is 3.34. The van der Waals surface area contributed by atoms with Crippen LogP contribution in [0.5, 0.6) is 0 Å². The van der Waals surface area contributed by atoms with Crippen molar-refractivity contribution >= 4 is 27.8 Å². The summed E-state index contributed by atoms with van der Waals surface area (Å²) in [5.74, 6) is 5.32. The van der Waals surface area contributed by atoms with Crippen LogP contribution in [0.1, 0.15) is 11.3 Å². The van der Waals surface area contributed by atoms with Crippen LogP contribution in [0.4, 0.5) is 5.13 Å². The number of thiazole rings is 1. The van der Waals surface area contributed by atoms with Gasteiger partial charge in [0.2, 0.25) is 0 Å². The van der Waals surface area contributed by atoms with Crippen LogP contribution in [-0.4, -0.2) is 4.98 Å². The van der Waals surface area contributed by atoms with Crippen molar-refractivity contribution < 1.29 is 0 Å². The highest BCUT2D eigenvalue weighted by molar-refractivity contribution is 7.23. The number of thiophene rings is 1. The Kier molecular flexibility index (Phi) is 2.54. The smallest absolute Gasteiger partial charge is 0.197 e. The second-order valence-electron chi connectivity index (χ2n) is 3.01. The number of rotatable bonds is 2. The average Bonchev–Trinajstić information content (AvgIpc) is 2.72. The minimum Gasteiger partial charge on any atom is -0.300 e. The monoisotopic (exact) mass is 225 g/mol. The molecule has 2 aromatic rings. The predicted molar refractivity (Wildman–Crippen MR) is 62.7 cm³/mol. The molecule has 14 heavy (non-hydrogen) atoms. The van der Waals surface area contributed by atoms with E-state index in [1.807, 2.05) is 6.92 Å². The van der Waals surface area contributed by atoms with Crippen molar-refractivity contribution in [1.82, 2.24) is 4.98 Å². The van der Waals surface area contributed by atoms with Gasteiger partial charge in [-0.05, 0) is 30.9 Å². The van der Waals surface area contributed by atoms with Crippen LogP contribution in [0.2, 0.25) is 0 Å². The zero-order valence-electron chi connectivity index (χ0n) is 8.00. The van der Waals surface area contributed by atoms with Gasteiger partial charge in [0.05, 0.1) is 10.6 Å². The van der Waals surface area contributed by atoms with E-state index in [0.29, 0.717) is 0 Å². The van der Waals surface area contributed by atoms with Crippen LogP contribution in [-0.2, 0) is 0 Å². The van der Waals surface area contributed by atoms with Gasteiger partial charge in [-0.25, -0.2) is 10.8 Å². The molecule has 0 bridgehead atoms. The highest BCUT2D eigenvalue weighted by Crippen LogP contribution is 2.37. The third kappa shape index (κ3) is 1.54. The Balaban J connectivity index is 2.51. The van der Waals surface area contributed by atoms with Gasteiger partial charge in [-0.15, -0.1) is 11.3 Å². The van der Waals surface area contributed by atoms with Crippen molar-refractivity contribution in [2.24, 2.45) is 5.84 Å². The maximum absolute atomic E-state index is 5.32. The SMILES string of the molecule is Cc1ccsc1-c1sc(NN)nc1C. The molecule has 74 valence electrons. The normalized spacial score (nSPS) is 10.5. The number of nitrogens with zero attached hydrogens (tertiary/aromatic N) is 1. The number of hydrazine groups is 1. The lowest BCUT2D eigenvalue weighted by atomic mass is 10.2. The first-order chi connectivity index (χ1) is 6.72. The molecular weight excluding hydrogens is 214 g/mol. The molecule has 2 heterocycles. The van der Waals surface area contributed by atoms with Gasteiger partial charge in [0, 0.05) is 4.88 Å². The summed E-state index contributed by atoms with van der Waals surface area (Å²) in [6, 6.07) is 2.12. The Labute approximate surface area is 90.6 Å². The van der Waals surface area contributed by atoms with Crippen LogP contribution in [0.3, 0.4) is 0 Å². The average molecular weight is 225 g/mol. The zero-order valence-corrected chi connectivity index (χ0v) is 9.63. The lowest BCUT2D eigenvalue weighted by Gasteiger charge is -1.94. The van der Waals surface area contributed by atoms with E-state index in [1.54, 1.807) is 22.7 Å². The molecule has 0 atom stereocenters. The predicted octanol–water partition coefficient (Wildman–Crippen LogP) is 2.77. The van der Waals surface area contributed by atoms with Gasteiger partial charge in [-0.1, -0.05) is 11.3 Å². The number of aromatic nitrogens is 1. The van der Waals surface area contributed by atoms with Gasteiger partial charge in [0.25, 0.3) is 0 Å². The summed E-state index contributed by atoms with van der Waals surface area (Å²) < 4.78 is 0. The number of nitrogens with one attached hydrogen (secondary N) is 1. The van der Waals surface area contributed by atoms with Crippen molar-refractivity contribution in [2.45, 2.75) is 13.8 Å². The van der Waals surface area contributed by atoms with Crippen molar-refractivity contribution in [1.29, 1.82) is 0 Å². The van der Waals surface area contributed by atoms with Crippen LogP contribution in [0.15, 0.2) is 11.4 Å². The Bertz CT molecular complexity index is 445. The highest BCUT2D eigenvalue weighted by Gasteiger charge is 2.11. The molecule has 2 rings (SSSR count). The first-order valence-electron chi connectivity index (χ1n) is 4.21. The first-order valence-corrected chi connectivity index (χ1v) is 5.90. The third-order valence-corrected chi connectivity index (χ3v) is 4.26. The van der Waals surface area contributed by atoms with Gasteiger partial charge in [0.1, 0.15) is 0 Å². The number of aryl methyl sites for hydroxylation is 2. The second-order valence-corrected chi connectivity index (χ2v) is 4.93. The lowest BCUT2D eigenvalue weighted by molar-refractivity contribution is 1.22. The molecule has 3 N–H and O–H groups in total. The summed E-state index contributed by atoms with van der Waals surface area (Å²) in [5.41, 5.74) is 4.91. The molecule has 0 aliphatic rings. The molecule has 0 saturated carbocycles. The van der Waals surface area contributed by atoms with Crippen molar-refractivity contribution in [3.63, 3.8) is 0 Å². The van der Waals surface area contributed by atoms with Gasteiger partial charge < -0.3 is 0 Å². The number of hydrogen-bond acceptors (Lipinski definition) is 5. The van der Waals surface area contributed by atoms with Gasteiger partial charge in [0.15, 0.2) is 5.13 Å². The van der Waals surface area contributed by atoms with Crippen LogP contribution < -0.4 is 11.3 Å². The Morgan fingerprint density at radius 3 is 2.64 bits per heavy atom. The minimum absolute atomic E-state index is 0.769. The Hall–Kier alpha value is -0.910. The molecule has 3 nitrogen and oxygen atoms in total. The van der Waals surface area contributed by atoms with Gasteiger partial charge in [-0.3, -0.25) is 5.43 Å². The summed E-state index contributed by atoms with van der Waals surface area (Å²) >= 11 is 3.34. The summed E-state index contributed by atoms with van der Waals surface area (Å²) in [5, 5.41) is 2.87. The van der Waals surface area contributed by atoms with Crippen LogP contribution in [0, 0.1) is 13.8 Å². The quantitative estimate of drug-likeness (QED) is 0.610. The second kappa shape index (κ2) is 3.68. The summed E-state index contributed by atoms with van der Waals surface area (Å²) in [6.45, 7) is 4.12. The van der Waals surface area contributed by atoms with E-state index in [1.165, 1.54) is 15.3 Å². The Morgan fingerprint density at radius 1 is 1.36 bits per heavy atom. The number of hydrogen-bond donors (Lipinski definition) is 2. The maximum Gasteiger partial charge on any atom is 0.197 e. The molecule has 0 aliphatic carbocycles. The minimum atomic E-state index is 0.769. The maximum atomic E-state index is 5.32. The molecule has 0 radical (unpaired) electrons. The third-order valence-electron chi connectivity index (χ3n) is 1.99.